The number of carbonyl (C=O) groups is 1. The van der Waals surface area contributed by atoms with Crippen molar-refractivity contribution in [2.24, 2.45) is 5.73 Å². The number of thiocarbonyl (C=S) groups is 1. The van der Waals surface area contributed by atoms with Crippen LogP contribution in [-0.2, 0) is 11.2 Å². The van der Waals surface area contributed by atoms with Crippen LogP contribution in [0.2, 0.25) is 0 Å². The summed E-state index contributed by atoms with van der Waals surface area (Å²) in [6, 6.07) is 0. The van der Waals surface area contributed by atoms with Crippen molar-refractivity contribution in [2.75, 3.05) is 6.61 Å². The van der Waals surface area contributed by atoms with Crippen molar-refractivity contribution in [1.82, 2.24) is 4.98 Å². The van der Waals surface area contributed by atoms with Gasteiger partial charge >= 0.3 is 5.97 Å². The van der Waals surface area contributed by atoms with Crippen LogP contribution in [0.15, 0.2) is 5.38 Å². The second-order valence-electron chi connectivity index (χ2n) is 3.02. The Kier molecular flexibility index (Phi) is 8.53. The molecule has 0 radical (unpaired) electrons. The number of hydrogen-bond donors (Lipinski definition) is 1. The molecular weight excluding hydrogens is 256 g/mol. The maximum Gasteiger partial charge on any atom is 0.357 e. The second kappa shape index (κ2) is 9.07. The highest BCUT2D eigenvalue weighted by Crippen LogP contribution is 2.10. The number of hydrogen-bond acceptors (Lipinski definition) is 5. The first-order chi connectivity index (χ1) is 8.04. The van der Waals surface area contributed by atoms with Gasteiger partial charge in [-0.3, -0.25) is 0 Å². The summed E-state index contributed by atoms with van der Waals surface area (Å²) in [5.74, 6) is -0.326. The van der Waals surface area contributed by atoms with Crippen LogP contribution >= 0.6 is 23.6 Å². The molecule has 0 amide bonds. The summed E-state index contributed by atoms with van der Waals surface area (Å²) in [5.41, 5.74) is 5.45. The van der Waals surface area contributed by atoms with Gasteiger partial charge in [-0.05, 0) is 19.8 Å². The van der Waals surface area contributed by atoms with Crippen molar-refractivity contribution >= 4 is 34.5 Å². The number of nitrogens with zero attached hydrogens (tertiary/aromatic N) is 1. The van der Waals surface area contributed by atoms with Gasteiger partial charge in [-0.15, -0.1) is 11.3 Å². The van der Waals surface area contributed by atoms with Gasteiger partial charge in [0, 0.05) is 5.38 Å². The van der Waals surface area contributed by atoms with Gasteiger partial charge in [-0.1, -0.05) is 26.1 Å². The Bertz CT molecular complexity index is 364. The van der Waals surface area contributed by atoms with Crippen molar-refractivity contribution in [1.29, 1.82) is 0 Å². The van der Waals surface area contributed by atoms with Crippen LogP contribution in [0, 0.1) is 0 Å². The van der Waals surface area contributed by atoms with E-state index in [1.54, 1.807) is 12.3 Å². The van der Waals surface area contributed by atoms with Gasteiger partial charge < -0.3 is 10.5 Å². The molecular formula is C11H18N2O2S2. The number of nitrogens with two attached hydrogens (primary N) is 1. The van der Waals surface area contributed by atoms with E-state index in [-0.39, 0.29) is 5.97 Å². The van der Waals surface area contributed by atoms with E-state index in [0.29, 0.717) is 17.3 Å². The van der Waals surface area contributed by atoms with Gasteiger partial charge in [0.05, 0.1) is 16.6 Å². The number of esters is 1. The van der Waals surface area contributed by atoms with Crippen molar-refractivity contribution in [2.45, 2.75) is 33.6 Å². The van der Waals surface area contributed by atoms with Gasteiger partial charge in [-0.2, -0.15) is 0 Å². The molecule has 0 aliphatic carbocycles. The Labute approximate surface area is 111 Å². The van der Waals surface area contributed by atoms with Crippen molar-refractivity contribution in [3.63, 3.8) is 0 Å². The largest absolute Gasteiger partial charge is 0.461 e. The van der Waals surface area contributed by atoms with Gasteiger partial charge in [0.15, 0.2) is 5.69 Å². The van der Waals surface area contributed by atoms with Crippen molar-refractivity contribution < 1.29 is 9.53 Å². The SMILES string of the molecule is CCC(N)=S.CCOC(=O)c1csc(CC)n1. The fourth-order valence-electron chi connectivity index (χ4n) is 0.772. The third-order valence-electron chi connectivity index (χ3n) is 1.69. The molecule has 2 N–H and O–H groups in total. The minimum absolute atomic E-state index is 0.326. The smallest absolute Gasteiger partial charge is 0.357 e. The Hall–Kier alpha value is -1.01. The summed E-state index contributed by atoms with van der Waals surface area (Å²) in [7, 11) is 0. The van der Waals surface area contributed by atoms with Crippen LogP contribution in [0.3, 0.4) is 0 Å². The number of ether oxygens (including phenoxy) is 1. The van der Waals surface area contributed by atoms with E-state index in [4.69, 9.17) is 10.5 Å². The zero-order valence-corrected chi connectivity index (χ0v) is 12.0. The first-order valence-corrected chi connectivity index (χ1v) is 6.73. The first kappa shape index (κ1) is 16.0. The van der Waals surface area contributed by atoms with E-state index in [1.165, 1.54) is 11.3 Å². The molecule has 4 nitrogen and oxygen atoms in total. The summed E-state index contributed by atoms with van der Waals surface area (Å²) < 4.78 is 4.79. The molecule has 0 aromatic carbocycles. The molecule has 0 fully saturated rings. The van der Waals surface area contributed by atoms with E-state index in [2.05, 4.69) is 17.2 Å². The third kappa shape index (κ3) is 7.01. The average Bonchev–Trinajstić information content (AvgIpc) is 2.78. The molecule has 0 saturated heterocycles. The summed E-state index contributed by atoms with van der Waals surface area (Å²) in [4.78, 5) is 15.8. The molecule has 0 spiro atoms. The number of thiazole rings is 1. The topological polar surface area (TPSA) is 65.2 Å². The van der Waals surface area contributed by atoms with E-state index in [0.717, 1.165) is 17.8 Å². The number of aromatic nitrogens is 1. The van der Waals surface area contributed by atoms with Crippen molar-refractivity contribution in [3.8, 4) is 0 Å². The van der Waals surface area contributed by atoms with Crippen molar-refractivity contribution in [3.05, 3.63) is 16.1 Å². The van der Waals surface area contributed by atoms with Crippen LogP contribution in [0.25, 0.3) is 0 Å². The zero-order valence-electron chi connectivity index (χ0n) is 10.4. The standard InChI is InChI=1S/C8H11NO2S.C3H7NS/c1-3-7-9-6(5-12-7)8(10)11-4-2;1-2-3(4)5/h5H,3-4H2,1-2H3;2H2,1H3,(H2,4,5). The quantitative estimate of drug-likeness (QED) is 0.675. The third-order valence-corrected chi connectivity index (χ3v) is 2.97. The van der Waals surface area contributed by atoms with E-state index in [9.17, 15) is 4.79 Å². The predicted octanol–water partition coefficient (Wildman–Crippen LogP) is 2.56. The molecule has 0 aliphatic rings. The molecule has 1 heterocycles. The highest BCUT2D eigenvalue weighted by molar-refractivity contribution is 7.80. The maximum absolute atomic E-state index is 11.1. The van der Waals surface area contributed by atoms with Crippen LogP contribution in [-0.4, -0.2) is 22.5 Å². The second-order valence-corrected chi connectivity index (χ2v) is 4.49. The van der Waals surface area contributed by atoms with Crippen LogP contribution in [0.5, 0.6) is 0 Å². The monoisotopic (exact) mass is 274 g/mol. The first-order valence-electron chi connectivity index (χ1n) is 5.44. The minimum Gasteiger partial charge on any atom is -0.461 e. The summed E-state index contributed by atoms with van der Waals surface area (Å²) >= 11 is 5.97. The lowest BCUT2D eigenvalue weighted by Crippen LogP contribution is -2.04. The fourth-order valence-corrected chi connectivity index (χ4v) is 1.49. The van der Waals surface area contributed by atoms with Gasteiger partial charge in [0.25, 0.3) is 0 Å². The Balaban J connectivity index is 0.000000437. The van der Waals surface area contributed by atoms with E-state index < -0.39 is 0 Å². The molecule has 0 atom stereocenters. The van der Waals surface area contributed by atoms with E-state index in [1.807, 2.05) is 13.8 Å². The molecule has 0 aliphatic heterocycles. The van der Waals surface area contributed by atoms with Crippen LogP contribution < -0.4 is 5.73 Å². The normalized spacial score (nSPS) is 9.12. The van der Waals surface area contributed by atoms with E-state index >= 15 is 0 Å². The van der Waals surface area contributed by atoms with Gasteiger partial charge in [0.1, 0.15) is 0 Å². The zero-order chi connectivity index (χ0) is 13.3. The molecule has 0 bridgehead atoms. The molecule has 1 rings (SSSR count). The number of aryl methyl sites for hydroxylation is 1. The number of rotatable bonds is 4. The lowest BCUT2D eigenvalue weighted by atomic mass is 10.5. The molecule has 96 valence electrons. The summed E-state index contributed by atoms with van der Waals surface area (Å²) in [6.07, 6.45) is 1.68. The predicted molar refractivity (Wildman–Crippen MR) is 74.5 cm³/mol. The van der Waals surface area contributed by atoms with Gasteiger partial charge in [0.2, 0.25) is 0 Å². The Morgan fingerprint density at radius 3 is 2.47 bits per heavy atom. The average molecular weight is 274 g/mol. The highest BCUT2D eigenvalue weighted by Gasteiger charge is 2.09. The molecule has 17 heavy (non-hydrogen) atoms. The van der Waals surface area contributed by atoms with Crippen LogP contribution in [0.1, 0.15) is 42.7 Å². The number of carbonyl (C=O) groups excluding carboxylic acids is 1. The fraction of sp³-hybridized carbons (Fsp3) is 0.545. The molecule has 1 aromatic rings. The summed E-state index contributed by atoms with van der Waals surface area (Å²) in [5, 5.41) is 2.70. The lowest BCUT2D eigenvalue weighted by molar-refractivity contribution is 0.0520. The molecule has 1 aromatic heterocycles. The highest BCUT2D eigenvalue weighted by atomic mass is 32.1. The van der Waals surface area contributed by atoms with Crippen LogP contribution in [0.4, 0.5) is 0 Å². The molecule has 0 saturated carbocycles. The Morgan fingerprint density at radius 1 is 1.53 bits per heavy atom. The maximum atomic E-state index is 11.1. The Morgan fingerprint density at radius 2 is 2.12 bits per heavy atom. The molecule has 6 heteroatoms. The van der Waals surface area contributed by atoms with Gasteiger partial charge in [-0.25, -0.2) is 9.78 Å². The summed E-state index contributed by atoms with van der Waals surface area (Å²) in [6.45, 7) is 6.12. The lowest BCUT2D eigenvalue weighted by Gasteiger charge is -1.95. The molecule has 0 unspecified atom stereocenters. The minimum atomic E-state index is -0.326.